The van der Waals surface area contributed by atoms with Crippen LogP contribution < -0.4 is 0 Å². The number of nitrogens with zero attached hydrogens (tertiary/aromatic N) is 1. The van der Waals surface area contributed by atoms with E-state index in [4.69, 9.17) is 5.11 Å². The van der Waals surface area contributed by atoms with Crippen LogP contribution in [0.25, 0.3) is 0 Å². The molecule has 17 heavy (non-hydrogen) atoms. The molecule has 0 aliphatic rings. The van der Waals surface area contributed by atoms with Crippen molar-refractivity contribution < 1.29 is 14.3 Å². The van der Waals surface area contributed by atoms with Crippen molar-refractivity contribution in [1.29, 1.82) is 0 Å². The predicted octanol–water partition coefficient (Wildman–Crippen LogP) is 1.26. The van der Waals surface area contributed by atoms with Crippen LogP contribution in [-0.4, -0.2) is 36.6 Å². The number of benzene rings is 1. The second-order valence-corrected chi connectivity index (χ2v) is 3.67. The van der Waals surface area contributed by atoms with Crippen molar-refractivity contribution in [2.24, 2.45) is 0 Å². The second-order valence-electron chi connectivity index (χ2n) is 3.67. The van der Waals surface area contributed by atoms with Crippen molar-refractivity contribution in [3.63, 3.8) is 0 Å². The highest BCUT2D eigenvalue weighted by atomic mass is 19.1. The van der Waals surface area contributed by atoms with E-state index < -0.39 is 5.82 Å². The Balaban J connectivity index is 2.95. The van der Waals surface area contributed by atoms with Gasteiger partial charge in [0.1, 0.15) is 5.82 Å². The van der Waals surface area contributed by atoms with Gasteiger partial charge in [0.05, 0.1) is 12.2 Å². The van der Waals surface area contributed by atoms with E-state index in [0.29, 0.717) is 12.0 Å². The molecule has 1 aromatic rings. The molecule has 0 unspecified atom stereocenters. The lowest BCUT2D eigenvalue weighted by molar-refractivity contribution is 0.0823. The molecule has 0 bridgehead atoms. The Labute approximate surface area is 99.9 Å². The van der Waals surface area contributed by atoms with Gasteiger partial charge in [0.2, 0.25) is 0 Å². The number of hydrogen-bond donors (Lipinski definition) is 1. The van der Waals surface area contributed by atoms with Crippen molar-refractivity contribution in [2.45, 2.75) is 6.42 Å². The van der Waals surface area contributed by atoms with Gasteiger partial charge in [0, 0.05) is 26.1 Å². The fraction of sp³-hybridized carbons (Fsp3) is 0.308. The number of hydrogen-bond acceptors (Lipinski definition) is 2. The van der Waals surface area contributed by atoms with Crippen molar-refractivity contribution in [3.8, 4) is 11.8 Å². The Bertz CT molecular complexity index is 472. The number of carbonyl (C=O) groups excluding carboxylic acids is 1. The standard InChI is InChI=1S/C13H14FNO2/c1-15(2)13(17)11-7-6-10(9-12(11)14)5-3-4-8-16/h6-7,9,16H,4,8H2,1-2H3. The molecule has 0 saturated carbocycles. The van der Waals surface area contributed by atoms with Crippen LogP contribution in [0.4, 0.5) is 4.39 Å². The van der Waals surface area contributed by atoms with E-state index in [1.165, 1.54) is 17.0 Å². The largest absolute Gasteiger partial charge is 0.395 e. The predicted molar refractivity (Wildman–Crippen MR) is 63.0 cm³/mol. The molecule has 3 nitrogen and oxygen atoms in total. The van der Waals surface area contributed by atoms with E-state index in [9.17, 15) is 9.18 Å². The van der Waals surface area contributed by atoms with E-state index in [2.05, 4.69) is 11.8 Å². The third-order valence-electron chi connectivity index (χ3n) is 2.08. The van der Waals surface area contributed by atoms with Crippen molar-refractivity contribution >= 4 is 5.91 Å². The fourth-order valence-electron chi connectivity index (χ4n) is 1.23. The first kappa shape index (κ1) is 13.2. The fourth-order valence-corrected chi connectivity index (χ4v) is 1.23. The lowest BCUT2D eigenvalue weighted by Crippen LogP contribution is -2.22. The minimum atomic E-state index is -0.584. The van der Waals surface area contributed by atoms with E-state index >= 15 is 0 Å². The normalized spacial score (nSPS) is 9.41. The summed E-state index contributed by atoms with van der Waals surface area (Å²) in [5.74, 6) is 4.43. The van der Waals surface area contributed by atoms with Crippen LogP contribution in [0.2, 0.25) is 0 Å². The third kappa shape index (κ3) is 3.58. The van der Waals surface area contributed by atoms with Gasteiger partial charge in [-0.05, 0) is 18.2 Å². The SMILES string of the molecule is CN(C)C(=O)c1ccc(C#CCCO)cc1F. The van der Waals surface area contributed by atoms with Crippen LogP contribution in [0.1, 0.15) is 22.3 Å². The van der Waals surface area contributed by atoms with Gasteiger partial charge in [0.15, 0.2) is 0 Å². The van der Waals surface area contributed by atoms with Gasteiger partial charge < -0.3 is 10.0 Å². The molecule has 0 saturated heterocycles. The maximum Gasteiger partial charge on any atom is 0.256 e. The van der Waals surface area contributed by atoms with Gasteiger partial charge in [-0.2, -0.15) is 0 Å². The molecule has 0 radical (unpaired) electrons. The quantitative estimate of drug-likeness (QED) is 0.784. The first-order valence-corrected chi connectivity index (χ1v) is 5.17. The number of aliphatic hydroxyl groups is 1. The van der Waals surface area contributed by atoms with Crippen LogP contribution in [0, 0.1) is 17.7 Å². The molecule has 0 spiro atoms. The number of amides is 1. The van der Waals surface area contributed by atoms with Crippen LogP contribution in [0.15, 0.2) is 18.2 Å². The molecule has 1 N–H and O–H groups in total. The summed E-state index contributed by atoms with van der Waals surface area (Å²) in [6, 6.07) is 4.23. The van der Waals surface area contributed by atoms with Crippen LogP contribution >= 0.6 is 0 Å². The average molecular weight is 235 g/mol. The topological polar surface area (TPSA) is 40.5 Å². The lowest BCUT2D eigenvalue weighted by atomic mass is 10.1. The first-order chi connectivity index (χ1) is 8.06. The maximum absolute atomic E-state index is 13.6. The zero-order valence-electron chi connectivity index (χ0n) is 9.83. The summed E-state index contributed by atoms with van der Waals surface area (Å²) in [6.45, 7) is -0.0211. The van der Waals surface area contributed by atoms with Crippen molar-refractivity contribution in [1.82, 2.24) is 4.90 Å². The molecular formula is C13H14FNO2. The van der Waals surface area contributed by atoms with Crippen LogP contribution in [0.3, 0.4) is 0 Å². The molecule has 0 heterocycles. The Morgan fingerprint density at radius 2 is 2.18 bits per heavy atom. The van der Waals surface area contributed by atoms with E-state index in [-0.39, 0.29) is 18.1 Å². The number of aliphatic hydroxyl groups excluding tert-OH is 1. The minimum absolute atomic E-state index is 0.0211. The van der Waals surface area contributed by atoms with Gasteiger partial charge >= 0.3 is 0 Å². The zero-order valence-corrected chi connectivity index (χ0v) is 9.83. The number of carbonyl (C=O) groups is 1. The third-order valence-corrected chi connectivity index (χ3v) is 2.08. The molecule has 4 heteroatoms. The Kier molecular flexibility index (Phi) is 4.68. The number of rotatable bonds is 2. The first-order valence-electron chi connectivity index (χ1n) is 5.17. The molecule has 0 aliphatic carbocycles. The molecule has 1 amide bonds. The van der Waals surface area contributed by atoms with Gasteiger partial charge in [-0.15, -0.1) is 0 Å². The van der Waals surface area contributed by atoms with Crippen molar-refractivity contribution in [2.75, 3.05) is 20.7 Å². The molecule has 90 valence electrons. The molecule has 0 fully saturated rings. The van der Waals surface area contributed by atoms with E-state index in [1.807, 2.05) is 0 Å². The van der Waals surface area contributed by atoms with Gasteiger partial charge in [0.25, 0.3) is 5.91 Å². The molecule has 0 aromatic heterocycles. The molecule has 0 aliphatic heterocycles. The van der Waals surface area contributed by atoms with Crippen LogP contribution in [-0.2, 0) is 0 Å². The molecule has 1 rings (SSSR count). The summed E-state index contributed by atoms with van der Waals surface area (Å²) >= 11 is 0. The van der Waals surface area contributed by atoms with Gasteiger partial charge in [-0.1, -0.05) is 11.8 Å². The Hall–Kier alpha value is -1.86. The number of halogens is 1. The van der Waals surface area contributed by atoms with E-state index in [1.54, 1.807) is 20.2 Å². The zero-order chi connectivity index (χ0) is 12.8. The Morgan fingerprint density at radius 3 is 2.71 bits per heavy atom. The molecular weight excluding hydrogens is 221 g/mol. The Morgan fingerprint density at radius 1 is 1.47 bits per heavy atom. The smallest absolute Gasteiger partial charge is 0.256 e. The summed E-state index contributed by atoms with van der Waals surface area (Å²) in [5, 5.41) is 8.55. The lowest BCUT2D eigenvalue weighted by Gasteiger charge is -2.10. The second kappa shape index (κ2) is 6.02. The van der Waals surface area contributed by atoms with E-state index in [0.717, 1.165) is 0 Å². The van der Waals surface area contributed by atoms with Crippen molar-refractivity contribution in [3.05, 3.63) is 35.1 Å². The maximum atomic E-state index is 13.6. The van der Waals surface area contributed by atoms with Gasteiger partial charge in [-0.3, -0.25) is 4.79 Å². The molecule has 1 aromatic carbocycles. The summed E-state index contributed by atoms with van der Waals surface area (Å²) in [6.07, 6.45) is 0.347. The highest BCUT2D eigenvalue weighted by molar-refractivity contribution is 5.94. The summed E-state index contributed by atoms with van der Waals surface area (Å²) in [4.78, 5) is 12.9. The highest BCUT2D eigenvalue weighted by Gasteiger charge is 2.13. The summed E-state index contributed by atoms with van der Waals surface area (Å²) in [7, 11) is 3.13. The van der Waals surface area contributed by atoms with Crippen LogP contribution in [0.5, 0.6) is 0 Å². The monoisotopic (exact) mass is 235 g/mol. The summed E-state index contributed by atoms with van der Waals surface area (Å²) < 4.78 is 13.6. The van der Waals surface area contributed by atoms with Gasteiger partial charge in [-0.25, -0.2) is 4.39 Å². The minimum Gasteiger partial charge on any atom is -0.395 e. The average Bonchev–Trinajstić information content (AvgIpc) is 2.28. The summed E-state index contributed by atoms with van der Waals surface area (Å²) in [5.41, 5.74) is 0.522. The highest BCUT2D eigenvalue weighted by Crippen LogP contribution is 2.11. The molecule has 0 atom stereocenters.